The van der Waals surface area contributed by atoms with E-state index in [0.29, 0.717) is 18.5 Å². The molecule has 90 valence electrons. The molecule has 1 heterocycles. The van der Waals surface area contributed by atoms with Crippen LogP contribution in [0.1, 0.15) is 34.8 Å². The van der Waals surface area contributed by atoms with Crippen molar-refractivity contribution in [2.24, 2.45) is 5.92 Å². The number of carbonyl (C=O) groups is 2. The van der Waals surface area contributed by atoms with E-state index in [2.05, 4.69) is 5.32 Å². The lowest BCUT2D eigenvalue weighted by Gasteiger charge is -2.28. The second kappa shape index (κ2) is 5.10. The Morgan fingerprint density at radius 1 is 1.41 bits per heavy atom. The first kappa shape index (κ1) is 11.8. The van der Waals surface area contributed by atoms with E-state index in [9.17, 15) is 9.59 Å². The average molecular weight is 233 g/mol. The quantitative estimate of drug-likeness (QED) is 0.779. The molecule has 0 radical (unpaired) electrons. The third kappa shape index (κ3) is 2.71. The zero-order valence-electron chi connectivity index (χ0n) is 9.43. The molecular formula is C13H15NO3. The van der Waals surface area contributed by atoms with Crippen LogP contribution in [0.3, 0.4) is 0 Å². The van der Waals surface area contributed by atoms with Crippen LogP contribution in [0.4, 0.5) is 0 Å². The van der Waals surface area contributed by atoms with E-state index >= 15 is 0 Å². The summed E-state index contributed by atoms with van der Waals surface area (Å²) in [4.78, 5) is 21.5. The molecule has 1 saturated heterocycles. The van der Waals surface area contributed by atoms with Crippen molar-refractivity contribution < 1.29 is 14.7 Å². The van der Waals surface area contributed by atoms with Crippen molar-refractivity contribution in [2.75, 3.05) is 6.54 Å². The summed E-state index contributed by atoms with van der Waals surface area (Å²) in [6.07, 6.45) is 2.30. The highest BCUT2D eigenvalue weighted by molar-refractivity contribution is 5.75. The van der Waals surface area contributed by atoms with Gasteiger partial charge in [0.15, 0.2) is 0 Å². The van der Waals surface area contributed by atoms with E-state index < -0.39 is 5.97 Å². The van der Waals surface area contributed by atoms with Gasteiger partial charge >= 0.3 is 5.97 Å². The molecule has 17 heavy (non-hydrogen) atoms. The van der Waals surface area contributed by atoms with Gasteiger partial charge in [0.1, 0.15) is 6.29 Å². The van der Waals surface area contributed by atoms with E-state index in [0.717, 1.165) is 18.3 Å². The molecule has 0 aromatic heterocycles. The number of benzene rings is 1. The number of nitrogens with one attached hydrogen (secondary N) is 1. The van der Waals surface area contributed by atoms with Crippen LogP contribution < -0.4 is 5.32 Å². The average Bonchev–Trinajstić information content (AvgIpc) is 2.39. The second-order valence-corrected chi connectivity index (χ2v) is 4.36. The van der Waals surface area contributed by atoms with Crippen LogP contribution in [0.25, 0.3) is 0 Å². The molecule has 4 nitrogen and oxygen atoms in total. The van der Waals surface area contributed by atoms with Gasteiger partial charge in [0.2, 0.25) is 0 Å². The van der Waals surface area contributed by atoms with Crippen molar-refractivity contribution in [3.05, 3.63) is 35.4 Å². The number of carboxylic acid groups (broad SMARTS) is 1. The largest absolute Gasteiger partial charge is 0.481 e. The summed E-state index contributed by atoms with van der Waals surface area (Å²) in [6, 6.07) is 7.59. The Hall–Kier alpha value is -1.68. The maximum Gasteiger partial charge on any atom is 0.307 e. The maximum absolute atomic E-state index is 10.8. The van der Waals surface area contributed by atoms with Gasteiger partial charge < -0.3 is 10.4 Å². The third-order valence-electron chi connectivity index (χ3n) is 3.21. The molecule has 1 aliphatic heterocycles. The van der Waals surface area contributed by atoms with Crippen molar-refractivity contribution >= 4 is 12.3 Å². The molecule has 0 amide bonds. The molecule has 4 heteroatoms. The fraction of sp³-hybridized carbons (Fsp3) is 0.385. The lowest BCUT2D eigenvalue weighted by molar-refractivity contribution is -0.142. The first-order valence-corrected chi connectivity index (χ1v) is 5.72. The van der Waals surface area contributed by atoms with Crippen molar-refractivity contribution in [3.63, 3.8) is 0 Å². The second-order valence-electron chi connectivity index (χ2n) is 4.36. The van der Waals surface area contributed by atoms with Gasteiger partial charge in [-0.25, -0.2) is 0 Å². The Morgan fingerprint density at radius 3 is 2.82 bits per heavy atom. The molecular weight excluding hydrogens is 218 g/mol. The number of piperidine rings is 1. The summed E-state index contributed by atoms with van der Waals surface area (Å²) in [5.74, 6) is -1.03. The predicted octanol–water partition coefficient (Wildman–Crippen LogP) is 1.62. The molecule has 2 rings (SSSR count). The van der Waals surface area contributed by atoms with Crippen LogP contribution in [0.5, 0.6) is 0 Å². The minimum Gasteiger partial charge on any atom is -0.481 e. The molecule has 1 aromatic carbocycles. The SMILES string of the molecule is O=Cc1cccc(C2CCC(C(=O)O)CN2)c1. The summed E-state index contributed by atoms with van der Waals surface area (Å²) in [5.41, 5.74) is 1.71. The molecule has 1 fully saturated rings. The smallest absolute Gasteiger partial charge is 0.307 e. The number of aliphatic carboxylic acids is 1. The van der Waals surface area contributed by atoms with Gasteiger partial charge in [0, 0.05) is 18.2 Å². The monoisotopic (exact) mass is 233 g/mol. The van der Waals surface area contributed by atoms with Crippen LogP contribution in [0, 0.1) is 5.92 Å². The molecule has 2 atom stereocenters. The van der Waals surface area contributed by atoms with Crippen LogP contribution in [-0.4, -0.2) is 23.9 Å². The first-order valence-electron chi connectivity index (χ1n) is 5.72. The Bertz CT molecular complexity index is 422. The molecule has 0 saturated carbocycles. The summed E-state index contributed by atoms with van der Waals surface area (Å²) in [6.45, 7) is 0.491. The summed E-state index contributed by atoms with van der Waals surface area (Å²) in [5, 5.41) is 12.1. The number of hydrogen-bond donors (Lipinski definition) is 2. The van der Waals surface area contributed by atoms with Gasteiger partial charge in [-0.2, -0.15) is 0 Å². The molecule has 1 aromatic rings. The molecule has 0 bridgehead atoms. The Labute approximate surface area is 99.6 Å². The summed E-state index contributed by atoms with van der Waals surface area (Å²) in [7, 11) is 0. The molecule has 0 aliphatic carbocycles. The minimum atomic E-state index is -0.738. The predicted molar refractivity (Wildman–Crippen MR) is 62.9 cm³/mol. The highest BCUT2D eigenvalue weighted by atomic mass is 16.4. The van der Waals surface area contributed by atoms with Crippen molar-refractivity contribution in [2.45, 2.75) is 18.9 Å². The topological polar surface area (TPSA) is 66.4 Å². The number of carbonyl (C=O) groups excluding carboxylic acids is 1. The number of hydrogen-bond acceptors (Lipinski definition) is 3. The fourth-order valence-corrected chi connectivity index (χ4v) is 2.20. The summed E-state index contributed by atoms with van der Waals surface area (Å²) >= 11 is 0. The van der Waals surface area contributed by atoms with E-state index in [4.69, 9.17) is 5.11 Å². The van der Waals surface area contributed by atoms with Gasteiger partial charge in [0.25, 0.3) is 0 Å². The zero-order chi connectivity index (χ0) is 12.3. The normalized spacial score (nSPS) is 24.2. The lowest BCUT2D eigenvalue weighted by atomic mass is 9.90. The van der Waals surface area contributed by atoms with E-state index in [1.807, 2.05) is 18.2 Å². The van der Waals surface area contributed by atoms with Crippen LogP contribution in [-0.2, 0) is 4.79 Å². The Morgan fingerprint density at radius 2 is 2.24 bits per heavy atom. The third-order valence-corrected chi connectivity index (χ3v) is 3.21. The highest BCUT2D eigenvalue weighted by Gasteiger charge is 2.26. The van der Waals surface area contributed by atoms with E-state index in [1.165, 1.54) is 0 Å². The highest BCUT2D eigenvalue weighted by Crippen LogP contribution is 2.26. The lowest BCUT2D eigenvalue weighted by Crippen LogP contribution is -2.36. The number of rotatable bonds is 3. The molecule has 2 unspecified atom stereocenters. The van der Waals surface area contributed by atoms with Crippen molar-refractivity contribution in [1.82, 2.24) is 5.32 Å². The molecule has 1 aliphatic rings. The Balaban J connectivity index is 2.04. The zero-order valence-corrected chi connectivity index (χ0v) is 9.43. The standard InChI is InChI=1S/C13H15NO3/c15-8-9-2-1-3-10(6-9)12-5-4-11(7-14-12)13(16)17/h1-3,6,8,11-12,14H,4-5,7H2,(H,16,17). The molecule has 2 N–H and O–H groups in total. The van der Waals surface area contributed by atoms with Crippen molar-refractivity contribution in [3.8, 4) is 0 Å². The molecule has 0 spiro atoms. The fourth-order valence-electron chi connectivity index (χ4n) is 2.20. The summed E-state index contributed by atoms with van der Waals surface area (Å²) < 4.78 is 0. The van der Waals surface area contributed by atoms with Gasteiger partial charge in [-0.15, -0.1) is 0 Å². The first-order chi connectivity index (χ1) is 8.20. The number of carboxylic acids is 1. The van der Waals surface area contributed by atoms with Crippen LogP contribution in [0.15, 0.2) is 24.3 Å². The van der Waals surface area contributed by atoms with E-state index in [-0.39, 0.29) is 12.0 Å². The van der Waals surface area contributed by atoms with Gasteiger partial charge in [-0.05, 0) is 24.5 Å². The maximum atomic E-state index is 10.8. The van der Waals surface area contributed by atoms with Gasteiger partial charge in [0.05, 0.1) is 5.92 Å². The van der Waals surface area contributed by atoms with Gasteiger partial charge in [-0.3, -0.25) is 9.59 Å². The van der Waals surface area contributed by atoms with Crippen molar-refractivity contribution in [1.29, 1.82) is 0 Å². The van der Waals surface area contributed by atoms with Gasteiger partial charge in [-0.1, -0.05) is 18.2 Å². The number of aldehydes is 1. The minimum absolute atomic E-state index is 0.158. The van der Waals surface area contributed by atoms with Crippen LogP contribution >= 0.6 is 0 Å². The van der Waals surface area contributed by atoms with Crippen LogP contribution in [0.2, 0.25) is 0 Å². The Kier molecular flexibility index (Phi) is 3.54. The van der Waals surface area contributed by atoms with E-state index in [1.54, 1.807) is 6.07 Å².